The first-order valence-corrected chi connectivity index (χ1v) is 11.9. The van der Waals surface area contributed by atoms with Gasteiger partial charge in [-0.15, -0.1) is 0 Å². The number of aromatic nitrogens is 2. The number of hydrogen-bond acceptors (Lipinski definition) is 6. The SMILES string of the molecule is CN(C)CCN=c1c2[nH][se][nH]c2c(=NCCN(C)C)c2c(=O)c3ccccc3c(=O)c12. The fourth-order valence-corrected chi connectivity index (χ4v) is 5.05. The van der Waals surface area contributed by atoms with Crippen LogP contribution in [0.3, 0.4) is 0 Å². The van der Waals surface area contributed by atoms with Crippen molar-refractivity contribution in [3.63, 3.8) is 0 Å². The van der Waals surface area contributed by atoms with E-state index in [4.69, 9.17) is 9.98 Å². The molecule has 1 aromatic heterocycles. The molecule has 2 N–H and O–H groups in total. The minimum atomic E-state index is -0.165. The number of aromatic amines is 2. The Labute approximate surface area is 185 Å². The third-order valence-corrected chi connectivity index (χ3v) is 6.54. The maximum absolute atomic E-state index is 13.6. The van der Waals surface area contributed by atoms with Crippen LogP contribution in [0.1, 0.15) is 0 Å². The summed E-state index contributed by atoms with van der Waals surface area (Å²) in [6.45, 7) is 2.55. The van der Waals surface area contributed by atoms with Crippen LogP contribution in [0.4, 0.5) is 0 Å². The Kier molecular flexibility index (Phi) is 6.20. The van der Waals surface area contributed by atoms with Gasteiger partial charge in [-0.05, 0) is 0 Å². The van der Waals surface area contributed by atoms with Gasteiger partial charge >= 0.3 is 185 Å². The topological polar surface area (TPSA) is 96.9 Å². The van der Waals surface area contributed by atoms with E-state index < -0.39 is 0 Å². The molecule has 31 heavy (non-hydrogen) atoms. The normalized spacial score (nSPS) is 13.6. The summed E-state index contributed by atoms with van der Waals surface area (Å²) >= 11 is -0.0944. The van der Waals surface area contributed by atoms with Crippen molar-refractivity contribution in [2.24, 2.45) is 9.98 Å². The molecule has 0 saturated carbocycles. The number of rotatable bonds is 6. The van der Waals surface area contributed by atoms with Crippen molar-refractivity contribution in [2.75, 3.05) is 54.4 Å². The van der Waals surface area contributed by atoms with Crippen LogP contribution in [0, 0.1) is 0 Å². The van der Waals surface area contributed by atoms with E-state index in [0.717, 1.165) is 24.1 Å². The molecule has 0 saturated heterocycles. The summed E-state index contributed by atoms with van der Waals surface area (Å²) in [6, 6.07) is 7.01. The Morgan fingerprint density at radius 1 is 0.774 bits per heavy atom. The van der Waals surface area contributed by atoms with Crippen molar-refractivity contribution < 1.29 is 0 Å². The number of H-pyrrole nitrogens is 2. The zero-order valence-corrected chi connectivity index (χ0v) is 19.9. The van der Waals surface area contributed by atoms with E-state index in [1.807, 2.05) is 38.0 Å². The van der Waals surface area contributed by atoms with Crippen LogP contribution in [-0.4, -0.2) is 87.1 Å². The number of nitrogens with zero attached hydrogens (tertiary/aromatic N) is 4. The van der Waals surface area contributed by atoms with E-state index >= 15 is 0 Å². The Morgan fingerprint density at radius 3 is 1.58 bits per heavy atom. The van der Waals surface area contributed by atoms with Gasteiger partial charge in [-0.2, -0.15) is 0 Å². The predicted octanol–water partition coefficient (Wildman–Crippen LogP) is -0.0578. The molecule has 0 unspecified atom stereocenters. The van der Waals surface area contributed by atoms with Crippen LogP contribution < -0.4 is 21.6 Å². The molecule has 0 radical (unpaired) electrons. The molecule has 3 aromatic carbocycles. The fourth-order valence-electron chi connectivity index (χ4n) is 3.68. The predicted molar refractivity (Wildman–Crippen MR) is 126 cm³/mol. The molecule has 0 atom stereocenters. The zero-order valence-electron chi connectivity index (χ0n) is 18.2. The first-order valence-electron chi connectivity index (χ1n) is 10.1. The average Bonchev–Trinajstić information content (AvgIpc) is 3.22. The molecular weight excluding hydrogens is 459 g/mol. The molecular formula is C22H26N6O2Se. The quantitative estimate of drug-likeness (QED) is 0.296. The second-order valence-corrected chi connectivity index (χ2v) is 9.36. The number of likely N-dealkylation sites (N-methyl/N-ethyl adjacent to an activating group) is 2. The van der Waals surface area contributed by atoms with Crippen LogP contribution in [0.2, 0.25) is 0 Å². The standard InChI is InChI=1S/C22H26N6O2Se/c1-27(2)11-9-23-17-15-16(22(30)14-8-6-5-7-13(14)21(15)29)18(24-10-12-28(3)4)20-19(17)25-31-26-20/h5-8,25-26H,9-12H2,1-4H3. The number of nitrogens with one attached hydrogen (secondary N) is 2. The summed E-state index contributed by atoms with van der Waals surface area (Å²) < 4.78 is 6.73. The van der Waals surface area contributed by atoms with Crippen molar-refractivity contribution in [1.29, 1.82) is 0 Å². The summed E-state index contributed by atoms with van der Waals surface area (Å²) in [7, 11) is 7.93. The first kappa shape index (κ1) is 21.6. The maximum atomic E-state index is 13.6. The molecule has 4 aromatic rings. The second-order valence-electron chi connectivity index (χ2n) is 8.08. The minimum absolute atomic E-state index is 0.0944. The zero-order chi connectivity index (χ0) is 22.1. The van der Waals surface area contributed by atoms with E-state index in [2.05, 4.69) is 7.96 Å². The summed E-state index contributed by atoms with van der Waals surface area (Å²) in [5.41, 5.74) is 1.23. The third-order valence-electron chi connectivity index (χ3n) is 5.26. The van der Waals surface area contributed by atoms with Crippen LogP contribution in [-0.2, 0) is 0 Å². The number of fused-ring (bicyclic) bond motifs is 3. The summed E-state index contributed by atoms with van der Waals surface area (Å²) in [4.78, 5) is 40.8. The van der Waals surface area contributed by atoms with Gasteiger partial charge in [-0.3, -0.25) is 0 Å². The summed E-state index contributed by atoms with van der Waals surface area (Å²) in [6.07, 6.45) is 0. The van der Waals surface area contributed by atoms with Gasteiger partial charge in [0.25, 0.3) is 0 Å². The molecule has 0 amide bonds. The molecule has 9 heteroatoms. The molecule has 4 rings (SSSR count). The molecule has 0 spiro atoms. The van der Waals surface area contributed by atoms with Crippen molar-refractivity contribution in [2.45, 2.75) is 0 Å². The van der Waals surface area contributed by atoms with E-state index in [0.29, 0.717) is 45.3 Å². The van der Waals surface area contributed by atoms with E-state index in [1.54, 1.807) is 24.3 Å². The molecule has 1 heterocycles. The second kappa shape index (κ2) is 8.88. The van der Waals surface area contributed by atoms with Crippen molar-refractivity contribution in [3.8, 4) is 0 Å². The molecule has 0 aliphatic rings. The van der Waals surface area contributed by atoms with Gasteiger partial charge in [-0.25, -0.2) is 0 Å². The third kappa shape index (κ3) is 4.02. The van der Waals surface area contributed by atoms with Crippen molar-refractivity contribution in [3.05, 3.63) is 55.4 Å². The Hall–Kier alpha value is -2.58. The van der Waals surface area contributed by atoms with E-state index in [1.165, 1.54) is 0 Å². The van der Waals surface area contributed by atoms with Gasteiger partial charge in [0.05, 0.1) is 0 Å². The van der Waals surface area contributed by atoms with E-state index in [-0.39, 0.29) is 25.8 Å². The van der Waals surface area contributed by atoms with Gasteiger partial charge in [0.1, 0.15) is 0 Å². The van der Waals surface area contributed by atoms with Gasteiger partial charge in [0.15, 0.2) is 0 Å². The van der Waals surface area contributed by atoms with Crippen molar-refractivity contribution >= 4 is 47.5 Å². The molecule has 0 fully saturated rings. The molecule has 0 aliphatic carbocycles. The van der Waals surface area contributed by atoms with Crippen molar-refractivity contribution in [1.82, 2.24) is 17.8 Å². The monoisotopic (exact) mass is 486 g/mol. The Morgan fingerprint density at radius 2 is 1.19 bits per heavy atom. The van der Waals surface area contributed by atoms with Gasteiger partial charge in [0, 0.05) is 0 Å². The number of hydrogen-bond donors (Lipinski definition) is 2. The molecule has 0 aliphatic heterocycles. The molecule has 162 valence electrons. The van der Waals surface area contributed by atoms with Gasteiger partial charge in [-0.1, -0.05) is 0 Å². The summed E-state index contributed by atoms with van der Waals surface area (Å²) in [5, 5.41) is 2.74. The van der Waals surface area contributed by atoms with Gasteiger partial charge in [0.2, 0.25) is 0 Å². The fraction of sp³-hybridized carbons (Fsp3) is 0.364. The van der Waals surface area contributed by atoms with E-state index in [9.17, 15) is 9.59 Å². The van der Waals surface area contributed by atoms with Gasteiger partial charge < -0.3 is 0 Å². The van der Waals surface area contributed by atoms with Crippen LogP contribution >= 0.6 is 0 Å². The number of benzene rings is 3. The van der Waals surface area contributed by atoms with Crippen LogP contribution in [0.15, 0.2) is 43.8 Å². The Balaban J connectivity index is 2.21. The average molecular weight is 485 g/mol. The van der Waals surface area contributed by atoms with Crippen LogP contribution in [0.5, 0.6) is 0 Å². The summed E-state index contributed by atoms with van der Waals surface area (Å²) in [5.74, 6) is 0. The van der Waals surface area contributed by atoms with Crippen LogP contribution in [0.25, 0.3) is 32.6 Å². The molecule has 8 nitrogen and oxygen atoms in total. The first-order chi connectivity index (χ1) is 14.9. The Bertz CT molecular complexity index is 1390. The molecule has 0 bridgehead atoms.